The predicted molar refractivity (Wildman–Crippen MR) is 66.3 cm³/mol. The zero-order valence-corrected chi connectivity index (χ0v) is 10.4. The average Bonchev–Trinajstić information content (AvgIpc) is 2.63. The number of fused-ring (bicyclic) bond motifs is 1. The molecule has 0 spiro atoms. The van der Waals surface area contributed by atoms with Crippen LogP contribution in [0.2, 0.25) is 0 Å². The van der Waals surface area contributed by atoms with E-state index < -0.39 is 0 Å². The van der Waals surface area contributed by atoms with Crippen molar-refractivity contribution < 1.29 is 0 Å². The highest BCUT2D eigenvalue weighted by Crippen LogP contribution is 2.35. The summed E-state index contributed by atoms with van der Waals surface area (Å²) in [4.78, 5) is 3.16. The van der Waals surface area contributed by atoms with Crippen LogP contribution in [0.3, 0.4) is 0 Å². The second-order valence-electron chi connectivity index (χ2n) is 3.65. The zero-order valence-electron chi connectivity index (χ0n) is 8.80. The van der Waals surface area contributed by atoms with E-state index in [0.29, 0.717) is 6.04 Å². The molecule has 0 saturated carbocycles. The molecule has 1 aliphatic heterocycles. The third-order valence-corrected chi connectivity index (χ3v) is 5.11. The first-order valence-corrected chi connectivity index (χ1v) is 7.18. The van der Waals surface area contributed by atoms with E-state index in [1.54, 1.807) is 10.4 Å². The molecule has 1 unspecified atom stereocenters. The minimum Gasteiger partial charge on any atom is -0.312 e. The Morgan fingerprint density at radius 2 is 2.43 bits per heavy atom. The first-order valence-electron chi connectivity index (χ1n) is 5.21. The third kappa shape index (κ3) is 2.00. The maximum Gasteiger partial charge on any atom is 0.0409 e. The highest BCUT2D eigenvalue weighted by molar-refractivity contribution is 7.98. The van der Waals surface area contributed by atoms with Crippen LogP contribution in [0.5, 0.6) is 0 Å². The van der Waals surface area contributed by atoms with Gasteiger partial charge in [0.25, 0.3) is 0 Å². The molecule has 0 bridgehead atoms. The molecular weight excluding hydrogens is 210 g/mol. The molecule has 1 aromatic heterocycles. The largest absolute Gasteiger partial charge is 0.312 e. The minimum atomic E-state index is 0.565. The first-order chi connectivity index (χ1) is 6.85. The number of aryl methyl sites for hydroxylation is 1. The van der Waals surface area contributed by atoms with Gasteiger partial charge in [0.2, 0.25) is 0 Å². The smallest absolute Gasteiger partial charge is 0.0409 e. The molecule has 0 aromatic carbocycles. The van der Waals surface area contributed by atoms with Crippen molar-refractivity contribution in [2.45, 2.75) is 31.6 Å². The Morgan fingerprint density at radius 3 is 3.07 bits per heavy atom. The Balaban J connectivity index is 2.22. The molecule has 78 valence electrons. The van der Waals surface area contributed by atoms with Crippen molar-refractivity contribution >= 4 is 23.1 Å². The molecule has 0 radical (unpaired) electrons. The summed E-state index contributed by atoms with van der Waals surface area (Å²) < 4.78 is 0. The quantitative estimate of drug-likeness (QED) is 0.851. The lowest BCUT2D eigenvalue weighted by molar-refractivity contribution is 0.586. The van der Waals surface area contributed by atoms with Gasteiger partial charge in [-0.1, -0.05) is 6.92 Å². The van der Waals surface area contributed by atoms with Crippen molar-refractivity contribution in [3.05, 3.63) is 21.4 Å². The van der Waals surface area contributed by atoms with Crippen LogP contribution in [0.1, 0.15) is 34.7 Å². The Labute approximate surface area is 94.3 Å². The highest BCUT2D eigenvalue weighted by Gasteiger charge is 2.16. The molecule has 1 aliphatic rings. The van der Waals surface area contributed by atoms with E-state index in [2.05, 4.69) is 37.1 Å². The number of hydrogen-bond acceptors (Lipinski definition) is 3. The number of hydrogen-bond donors (Lipinski definition) is 1. The predicted octanol–water partition coefficient (Wildman–Crippen LogP) is 3.21. The monoisotopic (exact) mass is 227 g/mol. The molecule has 14 heavy (non-hydrogen) atoms. The fraction of sp³-hybridized carbons (Fsp3) is 0.636. The molecule has 0 amide bonds. The summed E-state index contributed by atoms with van der Waals surface area (Å²) >= 11 is 4.08. The third-order valence-electron chi connectivity index (χ3n) is 2.75. The van der Waals surface area contributed by atoms with Gasteiger partial charge in [0.05, 0.1) is 0 Å². The van der Waals surface area contributed by atoms with Crippen LogP contribution in [0.15, 0.2) is 6.07 Å². The summed E-state index contributed by atoms with van der Waals surface area (Å²) in [7, 11) is 2.06. The molecule has 1 atom stereocenters. The van der Waals surface area contributed by atoms with Gasteiger partial charge in [-0.05, 0) is 37.3 Å². The maximum atomic E-state index is 3.38. The number of nitrogens with one attached hydrogen (secondary N) is 1. The van der Waals surface area contributed by atoms with E-state index in [1.165, 1.54) is 29.2 Å². The van der Waals surface area contributed by atoms with Gasteiger partial charge in [0.1, 0.15) is 0 Å². The summed E-state index contributed by atoms with van der Waals surface area (Å²) in [6.07, 6.45) is 2.47. The van der Waals surface area contributed by atoms with Crippen LogP contribution >= 0.6 is 23.1 Å². The van der Waals surface area contributed by atoms with E-state index in [-0.39, 0.29) is 0 Å². The number of thioether (sulfide) groups is 1. The van der Waals surface area contributed by atoms with E-state index in [1.807, 2.05) is 11.3 Å². The molecule has 1 aromatic rings. The van der Waals surface area contributed by atoms with Gasteiger partial charge < -0.3 is 5.32 Å². The lowest BCUT2D eigenvalue weighted by Crippen LogP contribution is -2.13. The minimum absolute atomic E-state index is 0.565. The van der Waals surface area contributed by atoms with Crippen molar-refractivity contribution in [2.24, 2.45) is 0 Å². The Morgan fingerprint density at radius 1 is 1.57 bits per heavy atom. The van der Waals surface area contributed by atoms with E-state index in [4.69, 9.17) is 0 Å². The van der Waals surface area contributed by atoms with Crippen molar-refractivity contribution in [3.8, 4) is 0 Å². The Bertz CT molecular complexity index is 279. The van der Waals surface area contributed by atoms with Crippen LogP contribution in [-0.4, -0.2) is 12.8 Å². The van der Waals surface area contributed by atoms with Gasteiger partial charge in [-0.2, -0.15) is 11.8 Å². The zero-order chi connectivity index (χ0) is 9.97. The summed E-state index contributed by atoms with van der Waals surface area (Å²) in [6, 6.07) is 2.98. The van der Waals surface area contributed by atoms with Gasteiger partial charge >= 0.3 is 0 Å². The van der Waals surface area contributed by atoms with Crippen LogP contribution in [0.25, 0.3) is 0 Å². The van der Waals surface area contributed by atoms with E-state index in [0.717, 1.165) is 0 Å². The molecule has 1 N–H and O–H groups in total. The lowest BCUT2D eigenvalue weighted by atomic mass is 10.1. The number of thiophene rings is 1. The maximum absolute atomic E-state index is 3.38. The normalized spacial score (nSPS) is 17.9. The standard InChI is InChI=1S/C11H17NS2/c1-3-9(12-2)11-6-8-7-13-5-4-10(8)14-11/h6,9,12H,3-5,7H2,1-2H3. The first kappa shape index (κ1) is 10.5. The van der Waals surface area contributed by atoms with Crippen molar-refractivity contribution in [1.29, 1.82) is 0 Å². The molecule has 2 rings (SSSR count). The molecular formula is C11H17NS2. The SMILES string of the molecule is CCC(NC)c1cc2c(s1)CCSC2. The fourth-order valence-electron chi connectivity index (χ4n) is 1.89. The van der Waals surface area contributed by atoms with Gasteiger partial charge in [0, 0.05) is 21.5 Å². The Kier molecular flexibility index (Phi) is 3.52. The fourth-order valence-corrected chi connectivity index (χ4v) is 4.46. The topological polar surface area (TPSA) is 12.0 Å². The summed E-state index contributed by atoms with van der Waals surface area (Å²) in [5, 5.41) is 3.38. The lowest BCUT2D eigenvalue weighted by Gasteiger charge is -2.10. The van der Waals surface area contributed by atoms with Gasteiger partial charge in [-0.3, -0.25) is 0 Å². The molecule has 2 heterocycles. The van der Waals surface area contributed by atoms with Gasteiger partial charge in [0.15, 0.2) is 0 Å². The van der Waals surface area contributed by atoms with Crippen molar-refractivity contribution in [1.82, 2.24) is 5.32 Å². The van der Waals surface area contributed by atoms with Crippen LogP contribution in [0, 0.1) is 0 Å². The number of rotatable bonds is 3. The van der Waals surface area contributed by atoms with E-state index in [9.17, 15) is 0 Å². The molecule has 0 fully saturated rings. The van der Waals surface area contributed by atoms with Gasteiger partial charge in [-0.25, -0.2) is 0 Å². The van der Waals surface area contributed by atoms with E-state index >= 15 is 0 Å². The molecule has 1 nitrogen and oxygen atoms in total. The summed E-state index contributed by atoms with van der Waals surface area (Å²) in [6.45, 7) is 2.24. The second-order valence-corrected chi connectivity index (χ2v) is 5.92. The van der Waals surface area contributed by atoms with Gasteiger partial charge in [-0.15, -0.1) is 11.3 Å². The summed E-state index contributed by atoms with van der Waals surface area (Å²) in [5.74, 6) is 2.54. The van der Waals surface area contributed by atoms with Crippen molar-refractivity contribution in [2.75, 3.05) is 12.8 Å². The molecule has 3 heteroatoms. The van der Waals surface area contributed by atoms with Crippen LogP contribution in [0.4, 0.5) is 0 Å². The average molecular weight is 227 g/mol. The molecule has 0 aliphatic carbocycles. The molecule has 0 saturated heterocycles. The summed E-state index contributed by atoms with van der Waals surface area (Å²) in [5.41, 5.74) is 1.59. The van der Waals surface area contributed by atoms with Crippen LogP contribution in [-0.2, 0) is 12.2 Å². The Hall–Kier alpha value is 0.01000. The highest BCUT2D eigenvalue weighted by atomic mass is 32.2. The second kappa shape index (κ2) is 4.69. The van der Waals surface area contributed by atoms with Crippen LogP contribution < -0.4 is 5.32 Å². The van der Waals surface area contributed by atoms with Crippen molar-refractivity contribution in [3.63, 3.8) is 0 Å².